The molecule has 94 valence electrons. The summed E-state index contributed by atoms with van der Waals surface area (Å²) in [5.41, 5.74) is 0.363. The minimum absolute atomic E-state index is 0.132. The van der Waals surface area contributed by atoms with Gasteiger partial charge in [-0.05, 0) is 42.4 Å². The van der Waals surface area contributed by atoms with Crippen LogP contribution in [0, 0.1) is 23.5 Å². The number of aliphatic hydroxyl groups is 1. The Bertz CT molecular complexity index is 364. The molecule has 0 heterocycles. The smallest absolute Gasteiger partial charge is 0.126 e. The summed E-state index contributed by atoms with van der Waals surface area (Å²) in [5, 5.41) is 10.1. The second kappa shape index (κ2) is 5.13. The van der Waals surface area contributed by atoms with E-state index in [4.69, 9.17) is 0 Å². The molecule has 1 aromatic carbocycles. The molecule has 0 amide bonds. The molecule has 0 radical (unpaired) electrons. The average molecular weight is 240 g/mol. The third-order valence-electron chi connectivity index (χ3n) is 3.73. The highest BCUT2D eigenvalue weighted by Crippen LogP contribution is 2.36. The van der Waals surface area contributed by atoms with Crippen LogP contribution in [0.25, 0.3) is 0 Å². The highest BCUT2D eigenvalue weighted by Gasteiger charge is 2.26. The van der Waals surface area contributed by atoms with E-state index >= 15 is 0 Å². The van der Waals surface area contributed by atoms with E-state index in [1.165, 1.54) is 12.1 Å². The molecule has 1 atom stereocenters. The molecule has 0 aliphatic heterocycles. The topological polar surface area (TPSA) is 20.2 Å². The Morgan fingerprint density at radius 2 is 1.59 bits per heavy atom. The van der Waals surface area contributed by atoms with Crippen LogP contribution in [0.1, 0.15) is 44.3 Å². The Balaban J connectivity index is 2.10. The number of halogens is 2. The number of benzene rings is 1. The van der Waals surface area contributed by atoms with Crippen molar-refractivity contribution in [2.75, 3.05) is 0 Å². The molecule has 1 aliphatic rings. The van der Waals surface area contributed by atoms with Gasteiger partial charge in [-0.1, -0.05) is 19.8 Å². The second-order valence-corrected chi connectivity index (χ2v) is 5.17. The van der Waals surface area contributed by atoms with Crippen molar-refractivity contribution in [2.45, 2.75) is 38.7 Å². The lowest BCUT2D eigenvalue weighted by Gasteiger charge is -2.30. The monoisotopic (exact) mass is 240 g/mol. The highest BCUT2D eigenvalue weighted by molar-refractivity contribution is 5.20. The van der Waals surface area contributed by atoms with E-state index in [0.29, 0.717) is 11.5 Å². The molecule has 1 fully saturated rings. The highest BCUT2D eigenvalue weighted by atomic mass is 19.1. The van der Waals surface area contributed by atoms with Crippen LogP contribution < -0.4 is 0 Å². The van der Waals surface area contributed by atoms with Crippen LogP contribution in [-0.4, -0.2) is 5.11 Å². The first-order chi connectivity index (χ1) is 8.06. The number of hydrogen-bond acceptors (Lipinski definition) is 1. The molecule has 0 spiro atoms. The van der Waals surface area contributed by atoms with Crippen LogP contribution >= 0.6 is 0 Å². The maximum absolute atomic E-state index is 13.1. The summed E-state index contributed by atoms with van der Waals surface area (Å²) in [6.07, 6.45) is 3.28. The molecule has 1 aromatic rings. The Morgan fingerprint density at radius 1 is 1.06 bits per heavy atom. The average Bonchev–Trinajstić information content (AvgIpc) is 2.28. The Morgan fingerprint density at radius 3 is 2.12 bits per heavy atom. The van der Waals surface area contributed by atoms with Gasteiger partial charge in [-0.3, -0.25) is 0 Å². The third kappa shape index (κ3) is 3.03. The Labute approximate surface area is 100 Å². The predicted octanol–water partition coefficient (Wildman–Crippen LogP) is 3.82. The van der Waals surface area contributed by atoms with Crippen molar-refractivity contribution in [3.8, 4) is 0 Å². The lowest BCUT2D eigenvalue weighted by molar-refractivity contribution is 0.0750. The van der Waals surface area contributed by atoms with Gasteiger partial charge in [-0.25, -0.2) is 8.78 Å². The lowest BCUT2D eigenvalue weighted by atomic mass is 9.78. The summed E-state index contributed by atoms with van der Waals surface area (Å²) in [6, 6.07) is 3.29. The molecule has 1 aliphatic carbocycles. The van der Waals surface area contributed by atoms with Crippen molar-refractivity contribution in [2.24, 2.45) is 11.8 Å². The zero-order valence-electron chi connectivity index (χ0n) is 10.00. The zero-order chi connectivity index (χ0) is 12.4. The lowest BCUT2D eigenvalue weighted by Crippen LogP contribution is -2.19. The molecule has 0 bridgehead atoms. The first-order valence-corrected chi connectivity index (χ1v) is 6.20. The molecule has 17 heavy (non-hydrogen) atoms. The van der Waals surface area contributed by atoms with E-state index in [1.54, 1.807) is 0 Å². The Kier molecular flexibility index (Phi) is 3.77. The fourth-order valence-corrected chi connectivity index (χ4v) is 2.62. The fraction of sp³-hybridized carbons (Fsp3) is 0.571. The van der Waals surface area contributed by atoms with Gasteiger partial charge in [0.05, 0.1) is 6.10 Å². The van der Waals surface area contributed by atoms with E-state index in [9.17, 15) is 13.9 Å². The van der Waals surface area contributed by atoms with Crippen LogP contribution in [0.4, 0.5) is 8.78 Å². The number of hydrogen-bond donors (Lipinski definition) is 1. The first kappa shape index (κ1) is 12.5. The van der Waals surface area contributed by atoms with Crippen molar-refractivity contribution in [1.29, 1.82) is 0 Å². The molecule has 1 saturated carbocycles. The fourth-order valence-electron chi connectivity index (χ4n) is 2.62. The van der Waals surface area contributed by atoms with Gasteiger partial charge in [0.25, 0.3) is 0 Å². The quantitative estimate of drug-likeness (QED) is 0.833. The van der Waals surface area contributed by atoms with E-state index < -0.39 is 17.7 Å². The van der Waals surface area contributed by atoms with Gasteiger partial charge in [0, 0.05) is 6.07 Å². The van der Waals surface area contributed by atoms with E-state index in [1.807, 2.05) is 0 Å². The SMILES string of the molecule is CC1CCC(C(O)c2cc(F)cc(F)c2)CC1. The summed E-state index contributed by atoms with van der Waals surface area (Å²) in [4.78, 5) is 0. The maximum Gasteiger partial charge on any atom is 0.126 e. The largest absolute Gasteiger partial charge is 0.388 e. The molecule has 1 N–H and O–H groups in total. The predicted molar refractivity (Wildman–Crippen MR) is 62.4 cm³/mol. The molecular weight excluding hydrogens is 222 g/mol. The van der Waals surface area contributed by atoms with Gasteiger partial charge in [-0.15, -0.1) is 0 Å². The second-order valence-electron chi connectivity index (χ2n) is 5.17. The van der Waals surface area contributed by atoms with Gasteiger partial charge in [0.15, 0.2) is 0 Å². The van der Waals surface area contributed by atoms with Crippen molar-refractivity contribution in [1.82, 2.24) is 0 Å². The van der Waals surface area contributed by atoms with Crippen molar-refractivity contribution in [3.63, 3.8) is 0 Å². The van der Waals surface area contributed by atoms with Crippen LogP contribution in [0.3, 0.4) is 0 Å². The molecular formula is C14H18F2O. The van der Waals surface area contributed by atoms with Gasteiger partial charge in [0.2, 0.25) is 0 Å². The standard InChI is InChI=1S/C14H18F2O/c1-9-2-4-10(5-3-9)14(17)11-6-12(15)8-13(16)7-11/h6-10,14,17H,2-5H2,1H3. The molecule has 0 saturated heterocycles. The third-order valence-corrected chi connectivity index (χ3v) is 3.73. The minimum Gasteiger partial charge on any atom is -0.388 e. The van der Waals surface area contributed by atoms with Gasteiger partial charge in [0.1, 0.15) is 11.6 Å². The van der Waals surface area contributed by atoms with Crippen molar-refractivity contribution < 1.29 is 13.9 Å². The molecule has 1 unspecified atom stereocenters. The summed E-state index contributed by atoms with van der Waals surface area (Å²) in [7, 11) is 0. The van der Waals surface area contributed by atoms with Crippen LogP contribution in [0.2, 0.25) is 0 Å². The Hall–Kier alpha value is -0.960. The molecule has 0 aromatic heterocycles. The van der Waals surface area contributed by atoms with E-state index in [-0.39, 0.29) is 5.92 Å². The van der Waals surface area contributed by atoms with Crippen LogP contribution in [-0.2, 0) is 0 Å². The van der Waals surface area contributed by atoms with Crippen LogP contribution in [0.5, 0.6) is 0 Å². The zero-order valence-corrected chi connectivity index (χ0v) is 10.00. The number of rotatable bonds is 2. The molecule has 2 rings (SSSR count). The van der Waals surface area contributed by atoms with Crippen molar-refractivity contribution in [3.05, 3.63) is 35.4 Å². The summed E-state index contributed by atoms with van der Waals surface area (Å²) >= 11 is 0. The van der Waals surface area contributed by atoms with Gasteiger partial charge < -0.3 is 5.11 Å². The summed E-state index contributed by atoms with van der Waals surface area (Å²) < 4.78 is 26.1. The molecule has 1 nitrogen and oxygen atoms in total. The van der Waals surface area contributed by atoms with E-state index in [2.05, 4.69) is 6.92 Å². The minimum atomic E-state index is -0.743. The maximum atomic E-state index is 13.1. The first-order valence-electron chi connectivity index (χ1n) is 6.20. The normalized spacial score (nSPS) is 26.8. The van der Waals surface area contributed by atoms with E-state index in [0.717, 1.165) is 31.7 Å². The number of aliphatic hydroxyl groups excluding tert-OH is 1. The van der Waals surface area contributed by atoms with Crippen LogP contribution in [0.15, 0.2) is 18.2 Å². The van der Waals surface area contributed by atoms with Gasteiger partial charge >= 0.3 is 0 Å². The summed E-state index contributed by atoms with van der Waals surface area (Å²) in [6.45, 7) is 2.20. The van der Waals surface area contributed by atoms with Crippen molar-refractivity contribution >= 4 is 0 Å². The summed E-state index contributed by atoms with van der Waals surface area (Å²) in [5.74, 6) is -0.415. The van der Waals surface area contributed by atoms with Gasteiger partial charge in [-0.2, -0.15) is 0 Å². The molecule has 3 heteroatoms.